The van der Waals surface area contributed by atoms with Crippen LogP contribution in [0.25, 0.3) is 17.0 Å². The number of carbonyl (C=O) groups excluding carboxylic acids is 1. The van der Waals surface area contributed by atoms with Crippen molar-refractivity contribution in [1.29, 1.82) is 0 Å². The second-order valence-corrected chi connectivity index (χ2v) is 13.2. The fraction of sp³-hybridized carbons (Fsp3) is 0.343. The Kier molecular flexibility index (Phi) is 10.9. The van der Waals surface area contributed by atoms with Crippen molar-refractivity contribution in [3.8, 4) is 0 Å². The lowest BCUT2D eigenvalue weighted by Crippen LogP contribution is -2.34. The van der Waals surface area contributed by atoms with Gasteiger partial charge in [0.05, 0.1) is 4.90 Å². The fourth-order valence-electron chi connectivity index (χ4n) is 6.22. The molecule has 10 heteroatoms. The summed E-state index contributed by atoms with van der Waals surface area (Å²) in [5.41, 5.74) is 8.51. The van der Waals surface area contributed by atoms with Crippen LogP contribution in [0.3, 0.4) is 0 Å². The van der Waals surface area contributed by atoms with E-state index in [1.807, 2.05) is 24.3 Å². The molecule has 1 amide bonds. The van der Waals surface area contributed by atoms with Gasteiger partial charge in [-0.3, -0.25) is 14.9 Å². The highest BCUT2D eigenvalue weighted by atomic mass is 32.2. The molecule has 1 aliphatic rings. The van der Waals surface area contributed by atoms with Crippen LogP contribution in [0.2, 0.25) is 0 Å². The lowest BCUT2D eigenvalue weighted by atomic mass is 10.0. The Hall–Kier alpha value is -3.80. The van der Waals surface area contributed by atoms with Crippen LogP contribution < -0.4 is 10.2 Å². The van der Waals surface area contributed by atoms with Gasteiger partial charge in [-0.05, 0) is 84.4 Å². The summed E-state index contributed by atoms with van der Waals surface area (Å²) in [5.74, 6) is -0.564. The summed E-state index contributed by atoms with van der Waals surface area (Å²) in [5, 5.41) is 10.0. The van der Waals surface area contributed by atoms with E-state index in [4.69, 9.17) is 5.21 Å². The summed E-state index contributed by atoms with van der Waals surface area (Å²) in [6, 6.07) is 22.1. The van der Waals surface area contributed by atoms with Gasteiger partial charge in [-0.2, -0.15) is 0 Å². The van der Waals surface area contributed by atoms with E-state index in [2.05, 4.69) is 69.9 Å². The molecule has 0 radical (unpaired) electrons. The number of carbonyl (C=O) groups is 1. The number of likely N-dealkylation sites (N-methyl/N-ethyl adjacent to an activating group) is 1. The molecule has 4 aromatic rings. The fourth-order valence-corrected chi connectivity index (χ4v) is 7.25. The molecule has 0 saturated heterocycles. The summed E-state index contributed by atoms with van der Waals surface area (Å²) < 4.78 is 28.7. The lowest BCUT2D eigenvalue weighted by molar-refractivity contribution is -0.124. The molecule has 1 aliphatic carbocycles. The standard InChI is InChI=1S/C35H43N5O4S/c1-3-39(4-2)22-20-37-45(43,44)30-14-9-27(10-15-30)25-40(21-19-29-24-36-33-8-6-5-7-31(29)33)34-17-13-28-23-26(11-16-32(28)34)12-18-35(41)38-42/h5-12,14-16,18,23-24,34,36-37,42H,3-4,13,17,19-22,25H2,1-2H3,(H,38,41)/b18-12+. The second kappa shape index (κ2) is 15.0. The Labute approximate surface area is 266 Å². The van der Waals surface area contributed by atoms with Crippen LogP contribution in [-0.4, -0.2) is 67.0 Å². The largest absolute Gasteiger partial charge is 0.361 e. The van der Waals surface area contributed by atoms with E-state index >= 15 is 0 Å². The number of fused-ring (bicyclic) bond motifs is 2. The van der Waals surface area contributed by atoms with Crippen LogP contribution in [0.15, 0.2) is 83.9 Å². The monoisotopic (exact) mass is 629 g/mol. The van der Waals surface area contributed by atoms with E-state index in [9.17, 15) is 13.2 Å². The SMILES string of the molecule is CCN(CC)CCNS(=O)(=O)c1ccc(CN(CCc2c[nH]c3ccccc23)C2CCc3cc(/C=C/C(=O)NO)ccc32)cc1. The normalized spacial score (nSPS) is 15.0. The number of aromatic nitrogens is 1. The van der Waals surface area contributed by atoms with Gasteiger partial charge in [0.25, 0.3) is 5.91 Å². The zero-order valence-corrected chi connectivity index (χ0v) is 26.8. The van der Waals surface area contributed by atoms with Crippen LogP contribution in [0.4, 0.5) is 0 Å². The van der Waals surface area contributed by atoms with Crippen LogP contribution in [0.1, 0.15) is 54.1 Å². The lowest BCUT2D eigenvalue weighted by Gasteiger charge is -2.30. The molecule has 45 heavy (non-hydrogen) atoms. The molecule has 0 aliphatic heterocycles. The highest BCUT2D eigenvalue weighted by molar-refractivity contribution is 7.89. The number of nitrogens with one attached hydrogen (secondary N) is 3. The molecule has 0 bridgehead atoms. The summed E-state index contributed by atoms with van der Waals surface area (Å²) in [6.45, 7) is 8.48. The minimum Gasteiger partial charge on any atom is -0.361 e. The molecule has 0 fully saturated rings. The number of hydrogen-bond donors (Lipinski definition) is 4. The van der Waals surface area contributed by atoms with Gasteiger partial charge in [0.15, 0.2) is 0 Å². The number of rotatable bonds is 15. The van der Waals surface area contributed by atoms with Gasteiger partial charge in [-0.1, -0.05) is 62.4 Å². The second-order valence-electron chi connectivity index (χ2n) is 11.5. The molecule has 1 heterocycles. The van der Waals surface area contributed by atoms with Crippen molar-refractivity contribution in [3.05, 3.63) is 107 Å². The van der Waals surface area contributed by atoms with Crippen molar-refractivity contribution in [3.63, 3.8) is 0 Å². The smallest absolute Gasteiger partial charge is 0.267 e. The maximum atomic E-state index is 13.0. The number of sulfonamides is 1. The Balaban J connectivity index is 1.34. The average molecular weight is 630 g/mol. The number of nitrogens with zero attached hydrogens (tertiary/aromatic N) is 2. The molecule has 0 spiro atoms. The first-order valence-electron chi connectivity index (χ1n) is 15.7. The molecule has 5 rings (SSSR count). The predicted octanol–water partition coefficient (Wildman–Crippen LogP) is 5.04. The Morgan fingerprint density at radius 1 is 1.04 bits per heavy atom. The minimum absolute atomic E-state index is 0.203. The van der Waals surface area contributed by atoms with E-state index in [0.717, 1.165) is 55.5 Å². The van der Waals surface area contributed by atoms with E-state index in [-0.39, 0.29) is 10.9 Å². The van der Waals surface area contributed by atoms with Crippen LogP contribution in [0.5, 0.6) is 0 Å². The first-order valence-corrected chi connectivity index (χ1v) is 17.1. The molecule has 1 unspecified atom stereocenters. The van der Waals surface area contributed by atoms with Gasteiger partial charge in [0.1, 0.15) is 0 Å². The number of amides is 1. The highest BCUT2D eigenvalue weighted by Gasteiger charge is 2.28. The van der Waals surface area contributed by atoms with E-state index in [0.29, 0.717) is 19.6 Å². The maximum absolute atomic E-state index is 13.0. The van der Waals surface area contributed by atoms with Crippen molar-refractivity contribution in [2.75, 3.05) is 32.7 Å². The van der Waals surface area contributed by atoms with Crippen molar-refractivity contribution < 1.29 is 18.4 Å². The van der Waals surface area contributed by atoms with Crippen LogP contribution >= 0.6 is 0 Å². The topological polar surface area (TPSA) is 118 Å². The summed E-state index contributed by atoms with van der Waals surface area (Å²) in [6.07, 6.45) is 7.87. The molecule has 238 valence electrons. The molecule has 1 aromatic heterocycles. The van der Waals surface area contributed by atoms with Gasteiger partial charge in [0.2, 0.25) is 10.0 Å². The molecule has 3 aromatic carbocycles. The Morgan fingerprint density at radius 2 is 1.82 bits per heavy atom. The highest BCUT2D eigenvalue weighted by Crippen LogP contribution is 2.37. The van der Waals surface area contributed by atoms with Gasteiger partial charge < -0.3 is 9.88 Å². The van der Waals surface area contributed by atoms with Crippen molar-refractivity contribution in [1.82, 2.24) is 25.0 Å². The van der Waals surface area contributed by atoms with E-state index in [1.54, 1.807) is 23.7 Å². The molecular weight excluding hydrogens is 586 g/mol. The molecule has 1 atom stereocenters. The summed E-state index contributed by atoms with van der Waals surface area (Å²) >= 11 is 0. The zero-order chi connectivity index (χ0) is 31.8. The first kappa shape index (κ1) is 32.6. The molecular formula is C35H43N5O4S. The Bertz CT molecular complexity index is 1730. The number of hydrogen-bond acceptors (Lipinski definition) is 6. The summed E-state index contributed by atoms with van der Waals surface area (Å²) in [4.78, 5) is 19.8. The maximum Gasteiger partial charge on any atom is 0.267 e. The van der Waals surface area contributed by atoms with Gasteiger partial charge in [0, 0.05) is 55.4 Å². The molecule has 0 saturated carbocycles. The van der Waals surface area contributed by atoms with Gasteiger partial charge in [-0.25, -0.2) is 18.6 Å². The first-order chi connectivity index (χ1) is 21.8. The summed E-state index contributed by atoms with van der Waals surface area (Å²) in [7, 11) is -3.59. The number of para-hydroxylation sites is 1. The van der Waals surface area contributed by atoms with E-state index < -0.39 is 15.9 Å². The quantitative estimate of drug-likeness (QED) is 0.0832. The van der Waals surface area contributed by atoms with Crippen molar-refractivity contribution in [2.45, 2.75) is 50.6 Å². The van der Waals surface area contributed by atoms with Crippen LogP contribution in [-0.2, 0) is 34.2 Å². The molecule has 4 N–H and O–H groups in total. The minimum atomic E-state index is -3.59. The van der Waals surface area contributed by atoms with Gasteiger partial charge >= 0.3 is 0 Å². The number of benzene rings is 3. The third-order valence-electron chi connectivity index (χ3n) is 8.77. The number of aromatic amines is 1. The van der Waals surface area contributed by atoms with Gasteiger partial charge in [-0.15, -0.1) is 0 Å². The van der Waals surface area contributed by atoms with E-state index in [1.165, 1.54) is 28.2 Å². The average Bonchev–Trinajstić information content (AvgIpc) is 3.68. The number of H-pyrrole nitrogens is 1. The number of aryl methyl sites for hydroxylation is 1. The zero-order valence-electron chi connectivity index (χ0n) is 26.0. The molecule has 9 nitrogen and oxygen atoms in total. The predicted molar refractivity (Wildman–Crippen MR) is 178 cm³/mol. The third-order valence-corrected chi connectivity index (χ3v) is 10.2. The van der Waals surface area contributed by atoms with Crippen LogP contribution in [0, 0.1) is 0 Å². The van der Waals surface area contributed by atoms with Crippen molar-refractivity contribution in [2.24, 2.45) is 0 Å². The number of hydroxylamine groups is 1. The Morgan fingerprint density at radius 3 is 2.58 bits per heavy atom. The third kappa shape index (κ3) is 8.08. The van der Waals surface area contributed by atoms with Crippen molar-refractivity contribution >= 4 is 32.9 Å².